The van der Waals surface area contributed by atoms with E-state index in [0.717, 1.165) is 0 Å². The third-order valence-corrected chi connectivity index (χ3v) is 5.93. The van der Waals surface area contributed by atoms with Gasteiger partial charge in [0.05, 0.1) is 18.2 Å². The number of nitrogens with zero attached hydrogens (tertiary/aromatic N) is 3. The summed E-state index contributed by atoms with van der Waals surface area (Å²) in [7, 11) is -1.11. The molecule has 0 amide bonds. The molecule has 1 aliphatic heterocycles. The van der Waals surface area contributed by atoms with E-state index in [1.54, 1.807) is 12.1 Å². The molecule has 1 aliphatic rings. The highest BCUT2D eigenvalue weighted by Crippen LogP contribution is 2.20. The first-order valence-electron chi connectivity index (χ1n) is 7.08. The summed E-state index contributed by atoms with van der Waals surface area (Å²) in [5.41, 5.74) is 0.627. The number of hydrogen-bond acceptors (Lipinski definition) is 6. The zero-order valence-electron chi connectivity index (χ0n) is 12.5. The van der Waals surface area contributed by atoms with Gasteiger partial charge in [0.25, 0.3) is 4.84 Å². The molecule has 2 heterocycles. The van der Waals surface area contributed by atoms with Gasteiger partial charge < -0.3 is 4.42 Å². The van der Waals surface area contributed by atoms with Crippen LogP contribution in [0.2, 0.25) is 0 Å². The minimum Gasteiger partial charge on any atom is -0.409 e. The highest BCUT2D eigenvalue weighted by atomic mass is 32.2. The van der Waals surface area contributed by atoms with Gasteiger partial charge in [-0.2, -0.15) is 0 Å². The van der Waals surface area contributed by atoms with Crippen molar-refractivity contribution in [2.24, 2.45) is 0 Å². The number of hydrogen-bond donors (Lipinski definition) is 0. The van der Waals surface area contributed by atoms with Gasteiger partial charge in [0.15, 0.2) is 9.84 Å². The van der Waals surface area contributed by atoms with Gasteiger partial charge in [0, 0.05) is 11.6 Å². The van der Waals surface area contributed by atoms with Crippen molar-refractivity contribution < 1.29 is 17.2 Å². The monoisotopic (exact) mass is 357 g/mol. The van der Waals surface area contributed by atoms with E-state index in [9.17, 15) is 12.8 Å². The molecule has 23 heavy (non-hydrogen) atoms. The molecule has 1 unspecified atom stereocenters. The van der Waals surface area contributed by atoms with E-state index in [4.69, 9.17) is 16.6 Å². The second-order valence-electron chi connectivity index (χ2n) is 5.63. The second kappa shape index (κ2) is 6.14. The van der Waals surface area contributed by atoms with E-state index in [1.807, 2.05) is 11.9 Å². The highest BCUT2D eigenvalue weighted by molar-refractivity contribution is 7.91. The summed E-state index contributed by atoms with van der Waals surface area (Å²) in [5, 5.41) is 4.29. The number of sulfone groups is 1. The van der Waals surface area contributed by atoms with Crippen LogP contribution in [0.5, 0.6) is 0 Å². The van der Waals surface area contributed by atoms with Gasteiger partial charge in [-0.25, -0.2) is 17.5 Å². The van der Waals surface area contributed by atoms with Crippen molar-refractivity contribution in [2.45, 2.75) is 19.1 Å². The maximum absolute atomic E-state index is 13.0. The van der Waals surface area contributed by atoms with Gasteiger partial charge in [0.2, 0.25) is 5.89 Å². The van der Waals surface area contributed by atoms with Crippen LogP contribution in [0.15, 0.2) is 28.7 Å². The van der Waals surface area contributed by atoms with E-state index in [0.29, 0.717) is 24.5 Å². The molecule has 0 bridgehead atoms. The van der Waals surface area contributed by atoms with Crippen LogP contribution in [0, 0.1) is 10.7 Å². The summed E-state index contributed by atoms with van der Waals surface area (Å²) in [6.45, 7) is 0.337. The normalized spacial score (nSPS) is 20.2. The van der Waals surface area contributed by atoms with Crippen LogP contribution >= 0.6 is 12.2 Å². The molecule has 0 saturated carbocycles. The fraction of sp³-hybridized carbons (Fsp3) is 0.429. The summed E-state index contributed by atoms with van der Waals surface area (Å²) in [6, 6.07) is 5.72. The third-order valence-electron chi connectivity index (χ3n) is 3.89. The zero-order chi connectivity index (χ0) is 16.6. The van der Waals surface area contributed by atoms with Crippen molar-refractivity contribution in [1.82, 2.24) is 14.7 Å². The summed E-state index contributed by atoms with van der Waals surface area (Å²) < 4.78 is 43.0. The Morgan fingerprint density at radius 2 is 2.13 bits per heavy atom. The Balaban J connectivity index is 1.76. The van der Waals surface area contributed by atoms with Crippen LogP contribution in [0.1, 0.15) is 6.42 Å². The number of aromatic nitrogens is 2. The first-order valence-corrected chi connectivity index (χ1v) is 9.31. The number of halogens is 1. The molecule has 1 aromatic heterocycles. The van der Waals surface area contributed by atoms with Gasteiger partial charge in [-0.05, 0) is 50.0 Å². The van der Waals surface area contributed by atoms with Crippen molar-refractivity contribution in [2.75, 3.05) is 18.6 Å². The van der Waals surface area contributed by atoms with Crippen molar-refractivity contribution in [3.63, 3.8) is 0 Å². The van der Waals surface area contributed by atoms with Gasteiger partial charge in [0.1, 0.15) is 5.82 Å². The van der Waals surface area contributed by atoms with Gasteiger partial charge in [-0.3, -0.25) is 4.90 Å². The van der Waals surface area contributed by atoms with Crippen LogP contribution in [0.4, 0.5) is 4.39 Å². The molecule has 1 fully saturated rings. The molecular weight excluding hydrogens is 341 g/mol. The molecule has 3 rings (SSSR count). The fourth-order valence-corrected chi connectivity index (χ4v) is 4.54. The zero-order valence-corrected chi connectivity index (χ0v) is 14.1. The Bertz CT molecular complexity index is 858. The molecule has 6 nitrogen and oxygen atoms in total. The van der Waals surface area contributed by atoms with Crippen molar-refractivity contribution in [3.8, 4) is 11.5 Å². The fourth-order valence-electron chi connectivity index (χ4n) is 2.55. The molecule has 0 aliphatic carbocycles. The largest absolute Gasteiger partial charge is 0.409 e. The molecule has 2 aromatic rings. The molecule has 124 valence electrons. The smallest absolute Gasteiger partial charge is 0.288 e. The van der Waals surface area contributed by atoms with Crippen LogP contribution in [-0.2, 0) is 16.5 Å². The van der Waals surface area contributed by atoms with Gasteiger partial charge in [-0.15, -0.1) is 5.10 Å². The Hall–Kier alpha value is -1.58. The number of rotatable bonds is 4. The second-order valence-corrected chi connectivity index (χ2v) is 8.21. The summed E-state index contributed by atoms with van der Waals surface area (Å²) in [4.78, 5) is 2.09. The molecule has 0 spiro atoms. The summed E-state index contributed by atoms with van der Waals surface area (Å²) in [5.74, 6) is 0.336. The lowest BCUT2D eigenvalue weighted by Gasteiger charge is -2.22. The van der Waals surface area contributed by atoms with Crippen molar-refractivity contribution >= 4 is 22.1 Å². The minimum absolute atomic E-state index is 0.0483. The molecule has 0 radical (unpaired) electrons. The lowest BCUT2D eigenvalue weighted by molar-refractivity contribution is 0.194. The molecule has 1 atom stereocenters. The lowest BCUT2D eigenvalue weighted by Crippen LogP contribution is -2.34. The summed E-state index contributed by atoms with van der Waals surface area (Å²) >= 11 is 5.15. The Kier molecular flexibility index (Phi) is 4.35. The minimum atomic E-state index is -2.94. The Morgan fingerprint density at radius 1 is 1.43 bits per heavy atom. The molecule has 0 N–H and O–H groups in total. The predicted octanol–water partition coefficient (Wildman–Crippen LogP) is 2.09. The predicted molar refractivity (Wildman–Crippen MR) is 85.5 cm³/mol. The van der Waals surface area contributed by atoms with E-state index in [2.05, 4.69) is 5.10 Å². The van der Waals surface area contributed by atoms with E-state index < -0.39 is 9.84 Å². The maximum atomic E-state index is 13.0. The first kappa shape index (κ1) is 16.3. The number of benzene rings is 1. The summed E-state index contributed by atoms with van der Waals surface area (Å²) in [6.07, 6.45) is 0.606. The van der Waals surface area contributed by atoms with E-state index in [-0.39, 0.29) is 28.2 Å². The quantitative estimate of drug-likeness (QED) is 0.781. The van der Waals surface area contributed by atoms with E-state index >= 15 is 0 Å². The van der Waals surface area contributed by atoms with Crippen LogP contribution in [0.3, 0.4) is 0 Å². The van der Waals surface area contributed by atoms with E-state index in [1.165, 1.54) is 16.8 Å². The lowest BCUT2D eigenvalue weighted by atomic mass is 10.2. The maximum Gasteiger partial charge on any atom is 0.288 e. The van der Waals surface area contributed by atoms with Crippen molar-refractivity contribution in [3.05, 3.63) is 34.9 Å². The van der Waals surface area contributed by atoms with Crippen molar-refractivity contribution in [1.29, 1.82) is 0 Å². The third kappa shape index (κ3) is 3.67. The van der Waals surface area contributed by atoms with Crippen LogP contribution in [-0.4, -0.2) is 47.7 Å². The first-order chi connectivity index (χ1) is 10.8. The molecule has 1 aromatic carbocycles. The molecule has 9 heteroatoms. The average Bonchev–Trinajstić information content (AvgIpc) is 3.03. The molecule has 1 saturated heterocycles. The standard InChI is InChI=1S/C14H16FN3O3S2/c1-17(12-6-7-23(19,20)8-12)9-18-14(22)21-13(16-18)10-2-4-11(15)5-3-10/h2-5,12H,6-9H2,1H3. The highest BCUT2D eigenvalue weighted by Gasteiger charge is 2.30. The van der Waals surface area contributed by atoms with Crippen LogP contribution < -0.4 is 0 Å². The van der Waals surface area contributed by atoms with Gasteiger partial charge >= 0.3 is 0 Å². The Morgan fingerprint density at radius 3 is 2.74 bits per heavy atom. The topological polar surface area (TPSA) is 68.3 Å². The SMILES string of the molecule is CN(Cn1nc(-c2ccc(F)cc2)oc1=S)C1CCS(=O)(=O)C1. The van der Waals surface area contributed by atoms with Crippen LogP contribution in [0.25, 0.3) is 11.5 Å². The van der Waals surface area contributed by atoms with Gasteiger partial charge in [-0.1, -0.05) is 0 Å². The Labute approximate surface area is 138 Å². The molecular formula is C14H16FN3O3S2. The average molecular weight is 357 g/mol.